The van der Waals surface area contributed by atoms with Crippen molar-refractivity contribution in [2.24, 2.45) is 0 Å². The van der Waals surface area contributed by atoms with Crippen molar-refractivity contribution in [3.05, 3.63) is 89.5 Å². The first-order chi connectivity index (χ1) is 17.5. The van der Waals surface area contributed by atoms with Gasteiger partial charge in [-0.1, -0.05) is 41.5 Å². The summed E-state index contributed by atoms with van der Waals surface area (Å²) in [6.45, 7) is 3.71. The Bertz CT molecular complexity index is 1470. The van der Waals surface area contributed by atoms with Gasteiger partial charge in [0, 0.05) is 5.69 Å². The Hall–Kier alpha value is -3.70. The fourth-order valence-corrected chi connectivity index (χ4v) is 5.56. The lowest BCUT2D eigenvalue weighted by Crippen LogP contribution is -2.34. The zero-order valence-corrected chi connectivity index (χ0v) is 22.1. The van der Waals surface area contributed by atoms with E-state index in [1.54, 1.807) is 36.4 Å². The topological polar surface area (TPSA) is 136 Å². The molecule has 0 atom stereocenters. The number of aryl methyl sites for hydroxylation is 2. The summed E-state index contributed by atoms with van der Waals surface area (Å²) < 4.78 is 56.6. The molecule has 9 nitrogen and oxygen atoms in total. The van der Waals surface area contributed by atoms with E-state index in [2.05, 4.69) is 5.32 Å². The highest BCUT2D eigenvalue weighted by molar-refractivity contribution is 7.91. The monoisotopic (exact) mass is 544 g/mol. The predicted molar refractivity (Wildman–Crippen MR) is 140 cm³/mol. The molecule has 3 rings (SSSR count). The van der Waals surface area contributed by atoms with Gasteiger partial charge in [0.1, 0.15) is 0 Å². The number of carbonyl (C=O) groups excluding carboxylic acids is 2. The Labute approximate surface area is 216 Å². The number of sulfonamides is 1. The van der Waals surface area contributed by atoms with Crippen LogP contribution in [-0.4, -0.2) is 41.2 Å². The third kappa shape index (κ3) is 8.16. The zero-order chi connectivity index (χ0) is 27.1. The molecular formula is C26H28N2O7S2. The fraction of sp³-hybridized carbons (Fsp3) is 0.231. The van der Waals surface area contributed by atoms with Crippen molar-refractivity contribution in [3.63, 3.8) is 0 Å². The molecule has 3 aromatic carbocycles. The number of anilines is 1. The number of amides is 2. The lowest BCUT2D eigenvalue weighted by Gasteiger charge is -2.10. The Morgan fingerprint density at radius 3 is 2.00 bits per heavy atom. The van der Waals surface area contributed by atoms with Gasteiger partial charge in [-0.25, -0.2) is 31.1 Å². The lowest BCUT2D eigenvalue weighted by molar-refractivity contribution is 0.0500. The van der Waals surface area contributed by atoms with Gasteiger partial charge in [-0.15, -0.1) is 0 Å². The Morgan fingerprint density at radius 1 is 0.784 bits per heavy atom. The van der Waals surface area contributed by atoms with Crippen LogP contribution < -0.4 is 10.0 Å². The molecule has 0 aliphatic rings. The highest BCUT2D eigenvalue weighted by atomic mass is 32.2. The van der Waals surface area contributed by atoms with E-state index in [-0.39, 0.29) is 33.4 Å². The number of sulfone groups is 1. The molecule has 11 heteroatoms. The molecule has 0 unspecified atom stereocenters. The summed E-state index contributed by atoms with van der Waals surface area (Å²) in [4.78, 5) is 24.8. The van der Waals surface area contributed by atoms with Crippen molar-refractivity contribution in [1.82, 2.24) is 4.72 Å². The van der Waals surface area contributed by atoms with E-state index in [0.717, 1.165) is 11.1 Å². The van der Waals surface area contributed by atoms with Crippen LogP contribution in [0.25, 0.3) is 0 Å². The SMILES string of the molecule is Cc1ccc(S(=O)(=O)CCCCOC(=O)c2cccc(NC(=O)NS(=O)(=O)c3ccc(C)cc3)c2)cc1. The summed E-state index contributed by atoms with van der Waals surface area (Å²) in [6.07, 6.45) is 0.675. The molecule has 196 valence electrons. The van der Waals surface area contributed by atoms with E-state index in [4.69, 9.17) is 4.74 Å². The number of carbonyl (C=O) groups is 2. The van der Waals surface area contributed by atoms with Crippen molar-refractivity contribution in [2.75, 3.05) is 17.7 Å². The molecule has 3 aromatic rings. The molecule has 0 saturated heterocycles. The minimum Gasteiger partial charge on any atom is -0.462 e. The van der Waals surface area contributed by atoms with E-state index in [1.807, 2.05) is 18.6 Å². The summed E-state index contributed by atoms with van der Waals surface area (Å²) in [5, 5.41) is 2.38. The molecule has 2 N–H and O–H groups in total. The van der Waals surface area contributed by atoms with Crippen LogP contribution in [0, 0.1) is 13.8 Å². The number of rotatable bonds is 10. The number of urea groups is 1. The molecule has 0 heterocycles. The van der Waals surface area contributed by atoms with Crippen molar-refractivity contribution in [2.45, 2.75) is 36.5 Å². The summed E-state index contributed by atoms with van der Waals surface area (Å²) in [6, 6.07) is 17.5. The minimum atomic E-state index is -4.07. The molecule has 0 radical (unpaired) electrons. The van der Waals surface area contributed by atoms with E-state index < -0.39 is 31.9 Å². The van der Waals surface area contributed by atoms with Gasteiger partial charge >= 0.3 is 12.0 Å². The van der Waals surface area contributed by atoms with Gasteiger partial charge in [0.2, 0.25) is 0 Å². The smallest absolute Gasteiger partial charge is 0.338 e. The number of nitrogens with one attached hydrogen (secondary N) is 2. The molecule has 0 aromatic heterocycles. The van der Waals surface area contributed by atoms with E-state index in [0.29, 0.717) is 12.8 Å². The van der Waals surface area contributed by atoms with Crippen LogP contribution >= 0.6 is 0 Å². The largest absolute Gasteiger partial charge is 0.462 e. The van der Waals surface area contributed by atoms with Crippen LogP contribution in [0.2, 0.25) is 0 Å². The Morgan fingerprint density at radius 2 is 1.38 bits per heavy atom. The molecule has 0 saturated carbocycles. The lowest BCUT2D eigenvalue weighted by atomic mass is 10.2. The first-order valence-electron chi connectivity index (χ1n) is 11.4. The van der Waals surface area contributed by atoms with Crippen LogP contribution in [0.5, 0.6) is 0 Å². The third-order valence-corrected chi connectivity index (χ3v) is 8.50. The van der Waals surface area contributed by atoms with E-state index in [1.165, 1.54) is 36.4 Å². The van der Waals surface area contributed by atoms with E-state index in [9.17, 15) is 26.4 Å². The Kier molecular flexibility index (Phi) is 9.06. The first kappa shape index (κ1) is 27.9. The highest BCUT2D eigenvalue weighted by Gasteiger charge is 2.18. The summed E-state index contributed by atoms with van der Waals surface area (Å²) in [7, 11) is -7.48. The normalized spacial score (nSPS) is 11.5. The minimum absolute atomic E-state index is 0.0230. The van der Waals surface area contributed by atoms with Crippen LogP contribution in [0.1, 0.15) is 34.3 Å². The number of hydrogen-bond acceptors (Lipinski definition) is 7. The molecule has 0 aliphatic heterocycles. The predicted octanol–water partition coefficient (Wildman–Crippen LogP) is 4.22. The summed E-state index contributed by atoms with van der Waals surface area (Å²) >= 11 is 0. The number of benzene rings is 3. The third-order valence-electron chi connectivity index (χ3n) is 5.34. The van der Waals surface area contributed by atoms with Gasteiger partial charge in [0.15, 0.2) is 9.84 Å². The van der Waals surface area contributed by atoms with Gasteiger partial charge in [-0.2, -0.15) is 0 Å². The second kappa shape index (κ2) is 12.0. The van der Waals surface area contributed by atoms with E-state index >= 15 is 0 Å². The van der Waals surface area contributed by atoms with Crippen LogP contribution in [0.3, 0.4) is 0 Å². The standard InChI is InChI=1S/C26H28N2O7S2/c1-19-8-12-23(13-9-19)36(31,32)17-4-3-16-35-25(29)21-6-5-7-22(18-21)27-26(30)28-37(33,34)24-14-10-20(2)11-15-24/h5-15,18H,3-4,16-17H2,1-2H3,(H2,27,28,30). The van der Waals surface area contributed by atoms with Crippen LogP contribution in [-0.2, 0) is 24.6 Å². The molecule has 37 heavy (non-hydrogen) atoms. The van der Waals surface area contributed by atoms with Gasteiger partial charge in [-0.3, -0.25) is 0 Å². The highest BCUT2D eigenvalue weighted by Crippen LogP contribution is 2.15. The second-order valence-corrected chi connectivity index (χ2v) is 12.2. The maximum absolute atomic E-state index is 12.4. The molecule has 2 amide bonds. The van der Waals surface area contributed by atoms with Gasteiger partial charge < -0.3 is 10.1 Å². The zero-order valence-electron chi connectivity index (χ0n) is 20.4. The van der Waals surface area contributed by atoms with Crippen molar-refractivity contribution in [3.8, 4) is 0 Å². The summed E-state index contributed by atoms with van der Waals surface area (Å²) in [5.74, 6) is -0.717. The Balaban J connectivity index is 1.48. The summed E-state index contributed by atoms with van der Waals surface area (Å²) in [5.41, 5.74) is 2.18. The average molecular weight is 545 g/mol. The second-order valence-electron chi connectivity index (χ2n) is 8.43. The van der Waals surface area contributed by atoms with Crippen molar-refractivity contribution in [1.29, 1.82) is 0 Å². The maximum atomic E-state index is 12.4. The molecule has 0 fully saturated rings. The molecule has 0 spiro atoms. The fourth-order valence-electron chi connectivity index (χ4n) is 3.28. The van der Waals surface area contributed by atoms with Crippen molar-refractivity contribution >= 4 is 37.5 Å². The average Bonchev–Trinajstić information content (AvgIpc) is 2.84. The van der Waals surface area contributed by atoms with Crippen molar-refractivity contribution < 1.29 is 31.2 Å². The molecule has 0 aliphatic carbocycles. The molecular weight excluding hydrogens is 516 g/mol. The first-order valence-corrected chi connectivity index (χ1v) is 14.6. The number of unbranched alkanes of at least 4 members (excludes halogenated alkanes) is 1. The maximum Gasteiger partial charge on any atom is 0.338 e. The van der Waals surface area contributed by atoms with Gasteiger partial charge in [-0.05, 0) is 69.2 Å². The number of esters is 1. The van der Waals surface area contributed by atoms with Crippen LogP contribution in [0.15, 0.2) is 82.6 Å². The quantitative estimate of drug-likeness (QED) is 0.288. The molecule has 0 bridgehead atoms. The van der Waals surface area contributed by atoms with Gasteiger partial charge in [0.05, 0.1) is 27.7 Å². The number of hydrogen-bond donors (Lipinski definition) is 2. The number of ether oxygens (including phenoxy) is 1. The van der Waals surface area contributed by atoms with Gasteiger partial charge in [0.25, 0.3) is 10.0 Å². The van der Waals surface area contributed by atoms with Crippen LogP contribution in [0.4, 0.5) is 10.5 Å².